The highest BCUT2D eigenvalue weighted by Gasteiger charge is 2.31. The van der Waals surface area contributed by atoms with Crippen molar-refractivity contribution in [2.75, 3.05) is 13.6 Å². The zero-order valence-electron chi connectivity index (χ0n) is 13.0. The Balaban J connectivity index is 2.09. The van der Waals surface area contributed by atoms with E-state index in [1.165, 1.54) is 24.8 Å². The number of nitrogens with one attached hydrogen (secondary N) is 1. The van der Waals surface area contributed by atoms with Crippen LogP contribution in [-0.2, 0) is 6.42 Å². The van der Waals surface area contributed by atoms with Crippen LogP contribution in [0.1, 0.15) is 38.7 Å². The number of rotatable bonds is 5. The molecule has 3 unspecified atom stereocenters. The number of halogens is 1. The van der Waals surface area contributed by atoms with Crippen LogP contribution < -0.4 is 5.32 Å². The predicted molar refractivity (Wildman–Crippen MR) is 88.2 cm³/mol. The molecule has 1 saturated carbocycles. The molecule has 1 aromatic carbocycles. The van der Waals surface area contributed by atoms with Crippen LogP contribution in [0.2, 0.25) is 5.02 Å². The van der Waals surface area contributed by atoms with Gasteiger partial charge < -0.3 is 5.32 Å². The molecule has 2 heteroatoms. The van der Waals surface area contributed by atoms with Crippen molar-refractivity contribution in [1.82, 2.24) is 5.32 Å². The topological polar surface area (TPSA) is 12.0 Å². The molecule has 0 aliphatic heterocycles. The Kier molecular flexibility index (Phi) is 5.92. The molecular formula is C18H28ClN. The molecule has 1 aromatic rings. The Labute approximate surface area is 129 Å². The molecule has 0 amide bonds. The van der Waals surface area contributed by atoms with E-state index >= 15 is 0 Å². The van der Waals surface area contributed by atoms with Gasteiger partial charge in [-0.15, -0.1) is 0 Å². The van der Waals surface area contributed by atoms with Crippen molar-refractivity contribution >= 4 is 11.6 Å². The molecular weight excluding hydrogens is 266 g/mol. The molecule has 20 heavy (non-hydrogen) atoms. The summed E-state index contributed by atoms with van der Waals surface area (Å²) in [4.78, 5) is 0. The molecule has 2 rings (SSSR count). The van der Waals surface area contributed by atoms with Crippen LogP contribution in [0.5, 0.6) is 0 Å². The molecule has 1 N–H and O–H groups in total. The summed E-state index contributed by atoms with van der Waals surface area (Å²) in [7, 11) is 2.07. The standard InChI is InChI=1S/C18H28ClN/c1-13(2)14-8-9-16(12-20-3)17(10-14)11-15-6-4-5-7-18(15)19/h4-7,13-14,16-17,20H,8-12H2,1-3H3. The van der Waals surface area contributed by atoms with E-state index in [4.69, 9.17) is 11.6 Å². The molecule has 1 nitrogen and oxygen atoms in total. The first-order valence-electron chi connectivity index (χ1n) is 7.99. The summed E-state index contributed by atoms with van der Waals surface area (Å²) in [5.74, 6) is 3.25. The SMILES string of the molecule is CNCC1CCC(C(C)C)CC1Cc1ccccc1Cl. The average molecular weight is 294 g/mol. The fourth-order valence-electron chi connectivity index (χ4n) is 3.70. The van der Waals surface area contributed by atoms with E-state index in [2.05, 4.69) is 38.3 Å². The Morgan fingerprint density at radius 2 is 1.95 bits per heavy atom. The molecule has 0 spiro atoms. The van der Waals surface area contributed by atoms with Gasteiger partial charge in [0, 0.05) is 5.02 Å². The molecule has 0 aromatic heterocycles. The third-order valence-electron chi connectivity index (χ3n) is 5.03. The second-order valence-electron chi connectivity index (χ2n) is 6.69. The zero-order chi connectivity index (χ0) is 14.5. The zero-order valence-corrected chi connectivity index (χ0v) is 13.8. The summed E-state index contributed by atoms with van der Waals surface area (Å²) in [5.41, 5.74) is 1.32. The summed E-state index contributed by atoms with van der Waals surface area (Å²) < 4.78 is 0. The van der Waals surface area contributed by atoms with Crippen LogP contribution in [0.4, 0.5) is 0 Å². The number of hydrogen-bond acceptors (Lipinski definition) is 1. The minimum atomic E-state index is 0.767. The first-order valence-corrected chi connectivity index (χ1v) is 8.37. The average Bonchev–Trinajstić information content (AvgIpc) is 2.43. The molecule has 0 bridgehead atoms. The summed E-state index contributed by atoms with van der Waals surface area (Å²) in [6, 6.07) is 8.34. The van der Waals surface area contributed by atoms with E-state index in [-0.39, 0.29) is 0 Å². The van der Waals surface area contributed by atoms with Crippen molar-refractivity contribution in [3.8, 4) is 0 Å². The van der Waals surface area contributed by atoms with Crippen molar-refractivity contribution in [2.45, 2.75) is 39.5 Å². The lowest BCUT2D eigenvalue weighted by Crippen LogP contribution is -2.34. The quantitative estimate of drug-likeness (QED) is 0.823. The summed E-state index contributed by atoms with van der Waals surface area (Å²) in [6.45, 7) is 5.88. The van der Waals surface area contributed by atoms with E-state index in [1.54, 1.807) is 0 Å². The van der Waals surface area contributed by atoms with Gasteiger partial charge in [-0.25, -0.2) is 0 Å². The summed E-state index contributed by atoms with van der Waals surface area (Å²) in [5, 5.41) is 4.31. The molecule has 0 heterocycles. The van der Waals surface area contributed by atoms with Gasteiger partial charge in [-0.1, -0.05) is 43.6 Å². The monoisotopic (exact) mass is 293 g/mol. The molecule has 0 saturated heterocycles. The Morgan fingerprint density at radius 1 is 1.20 bits per heavy atom. The van der Waals surface area contributed by atoms with E-state index in [0.29, 0.717) is 0 Å². The van der Waals surface area contributed by atoms with E-state index < -0.39 is 0 Å². The van der Waals surface area contributed by atoms with Gasteiger partial charge in [0.2, 0.25) is 0 Å². The highest BCUT2D eigenvalue weighted by molar-refractivity contribution is 6.31. The molecule has 1 aliphatic rings. The van der Waals surface area contributed by atoms with Crippen molar-refractivity contribution in [2.24, 2.45) is 23.7 Å². The van der Waals surface area contributed by atoms with Gasteiger partial charge >= 0.3 is 0 Å². The van der Waals surface area contributed by atoms with Crippen LogP contribution in [0, 0.1) is 23.7 Å². The molecule has 112 valence electrons. The highest BCUT2D eigenvalue weighted by Crippen LogP contribution is 2.39. The Hall–Kier alpha value is -0.530. The summed E-state index contributed by atoms with van der Waals surface area (Å²) >= 11 is 6.35. The lowest BCUT2D eigenvalue weighted by atomic mass is 9.68. The van der Waals surface area contributed by atoms with Crippen LogP contribution in [0.15, 0.2) is 24.3 Å². The third-order valence-corrected chi connectivity index (χ3v) is 5.40. The van der Waals surface area contributed by atoms with Crippen molar-refractivity contribution in [1.29, 1.82) is 0 Å². The maximum absolute atomic E-state index is 6.35. The lowest BCUT2D eigenvalue weighted by molar-refractivity contribution is 0.146. The number of hydrogen-bond donors (Lipinski definition) is 1. The fourth-order valence-corrected chi connectivity index (χ4v) is 3.91. The second-order valence-corrected chi connectivity index (χ2v) is 7.10. The second kappa shape index (κ2) is 7.47. The van der Waals surface area contributed by atoms with Gasteiger partial charge in [-0.05, 0) is 74.6 Å². The van der Waals surface area contributed by atoms with Gasteiger partial charge in [0.25, 0.3) is 0 Å². The minimum absolute atomic E-state index is 0.767. The van der Waals surface area contributed by atoms with Crippen LogP contribution in [0.3, 0.4) is 0 Å². The normalized spacial score (nSPS) is 26.9. The number of benzene rings is 1. The minimum Gasteiger partial charge on any atom is -0.319 e. The van der Waals surface area contributed by atoms with E-state index in [0.717, 1.165) is 41.7 Å². The van der Waals surface area contributed by atoms with E-state index in [1.807, 2.05) is 12.1 Å². The van der Waals surface area contributed by atoms with Crippen LogP contribution in [0.25, 0.3) is 0 Å². The third kappa shape index (κ3) is 3.99. The van der Waals surface area contributed by atoms with Gasteiger partial charge in [-0.3, -0.25) is 0 Å². The van der Waals surface area contributed by atoms with Gasteiger partial charge in [-0.2, -0.15) is 0 Å². The first kappa shape index (κ1) is 15.9. The smallest absolute Gasteiger partial charge is 0.0438 e. The van der Waals surface area contributed by atoms with Crippen molar-refractivity contribution in [3.05, 3.63) is 34.9 Å². The Bertz CT molecular complexity index is 416. The first-order chi connectivity index (χ1) is 9.61. The van der Waals surface area contributed by atoms with Gasteiger partial charge in [0.1, 0.15) is 0 Å². The Morgan fingerprint density at radius 3 is 2.60 bits per heavy atom. The molecule has 1 aliphatic carbocycles. The molecule has 1 fully saturated rings. The predicted octanol–water partition coefficient (Wildman–Crippen LogP) is 4.79. The van der Waals surface area contributed by atoms with Crippen LogP contribution in [-0.4, -0.2) is 13.6 Å². The maximum Gasteiger partial charge on any atom is 0.0438 e. The van der Waals surface area contributed by atoms with E-state index in [9.17, 15) is 0 Å². The fraction of sp³-hybridized carbons (Fsp3) is 0.667. The van der Waals surface area contributed by atoms with Crippen LogP contribution >= 0.6 is 11.6 Å². The highest BCUT2D eigenvalue weighted by atomic mass is 35.5. The van der Waals surface area contributed by atoms with Crippen molar-refractivity contribution in [3.63, 3.8) is 0 Å². The lowest BCUT2D eigenvalue weighted by Gasteiger charge is -2.38. The van der Waals surface area contributed by atoms with Crippen molar-refractivity contribution < 1.29 is 0 Å². The maximum atomic E-state index is 6.35. The molecule has 3 atom stereocenters. The van der Waals surface area contributed by atoms with Gasteiger partial charge in [0.15, 0.2) is 0 Å². The largest absolute Gasteiger partial charge is 0.319 e. The van der Waals surface area contributed by atoms with Gasteiger partial charge in [0.05, 0.1) is 0 Å². The summed E-state index contributed by atoms with van der Waals surface area (Å²) in [6.07, 6.45) is 5.24. The molecule has 0 radical (unpaired) electrons.